The fraction of sp³-hybridized carbons (Fsp3) is 0.211. The molecule has 0 atom stereocenters. The van der Waals surface area contributed by atoms with Gasteiger partial charge in [-0.1, -0.05) is 41.9 Å². The Kier molecular flexibility index (Phi) is 4.34. The minimum Gasteiger partial charge on any atom is -0.488 e. The first kappa shape index (κ1) is 15.4. The van der Waals surface area contributed by atoms with Crippen molar-refractivity contribution in [1.29, 1.82) is 0 Å². The van der Waals surface area contributed by atoms with Gasteiger partial charge in [-0.05, 0) is 29.1 Å². The van der Waals surface area contributed by atoms with Crippen molar-refractivity contribution in [3.05, 3.63) is 71.0 Å². The highest BCUT2D eigenvalue weighted by molar-refractivity contribution is 6.34. The molecule has 4 nitrogen and oxygen atoms in total. The molecule has 1 fully saturated rings. The van der Waals surface area contributed by atoms with Crippen LogP contribution < -0.4 is 4.74 Å². The van der Waals surface area contributed by atoms with Gasteiger partial charge in [0, 0.05) is 11.6 Å². The van der Waals surface area contributed by atoms with Crippen molar-refractivity contribution in [3.8, 4) is 5.75 Å². The number of halogens is 1. The van der Waals surface area contributed by atoms with Crippen molar-refractivity contribution in [2.75, 3.05) is 13.2 Å². The molecule has 1 aliphatic rings. The molecule has 2 heterocycles. The van der Waals surface area contributed by atoms with Crippen LogP contribution in [0.2, 0.25) is 5.15 Å². The van der Waals surface area contributed by atoms with Crippen LogP contribution in [0.5, 0.6) is 5.75 Å². The quantitative estimate of drug-likeness (QED) is 0.654. The SMILES string of the molecule is Clc1nccc2c(C3OCCO3)c(OCc3ccccc3)ccc12. The van der Waals surface area contributed by atoms with Gasteiger partial charge in [-0.3, -0.25) is 0 Å². The van der Waals surface area contributed by atoms with Gasteiger partial charge in [0.1, 0.15) is 17.5 Å². The number of aromatic nitrogens is 1. The molecule has 122 valence electrons. The second kappa shape index (κ2) is 6.77. The number of fused-ring (bicyclic) bond motifs is 1. The Labute approximate surface area is 144 Å². The summed E-state index contributed by atoms with van der Waals surface area (Å²) in [5, 5.41) is 2.26. The van der Waals surface area contributed by atoms with Crippen LogP contribution in [0.1, 0.15) is 17.4 Å². The topological polar surface area (TPSA) is 40.6 Å². The Balaban J connectivity index is 1.75. The Morgan fingerprint density at radius 2 is 1.79 bits per heavy atom. The third-order valence-corrected chi connectivity index (χ3v) is 4.29. The Morgan fingerprint density at radius 3 is 2.58 bits per heavy atom. The molecule has 1 saturated heterocycles. The molecule has 0 radical (unpaired) electrons. The number of rotatable bonds is 4. The van der Waals surface area contributed by atoms with E-state index in [9.17, 15) is 0 Å². The highest BCUT2D eigenvalue weighted by atomic mass is 35.5. The molecule has 0 amide bonds. The maximum Gasteiger partial charge on any atom is 0.188 e. The van der Waals surface area contributed by atoms with Crippen LogP contribution in [0.3, 0.4) is 0 Å². The van der Waals surface area contributed by atoms with Crippen LogP contribution in [0, 0.1) is 0 Å². The molecule has 0 aliphatic carbocycles. The normalized spacial score (nSPS) is 15.0. The van der Waals surface area contributed by atoms with E-state index in [1.165, 1.54) is 0 Å². The van der Waals surface area contributed by atoms with Gasteiger partial charge in [0.2, 0.25) is 0 Å². The van der Waals surface area contributed by atoms with Gasteiger partial charge in [-0.25, -0.2) is 4.98 Å². The van der Waals surface area contributed by atoms with E-state index in [1.54, 1.807) is 6.20 Å². The summed E-state index contributed by atoms with van der Waals surface area (Å²) in [6.45, 7) is 1.61. The lowest BCUT2D eigenvalue weighted by atomic mass is 10.0. The van der Waals surface area contributed by atoms with Crippen LogP contribution in [-0.4, -0.2) is 18.2 Å². The first-order valence-electron chi connectivity index (χ1n) is 7.80. The summed E-state index contributed by atoms with van der Waals surface area (Å²) in [5.74, 6) is 0.737. The van der Waals surface area contributed by atoms with E-state index in [4.69, 9.17) is 25.8 Å². The van der Waals surface area contributed by atoms with Crippen molar-refractivity contribution in [1.82, 2.24) is 4.98 Å². The molecule has 5 heteroatoms. The van der Waals surface area contributed by atoms with E-state index in [2.05, 4.69) is 4.98 Å². The maximum atomic E-state index is 6.23. The summed E-state index contributed by atoms with van der Waals surface area (Å²) in [5.41, 5.74) is 1.97. The van der Waals surface area contributed by atoms with E-state index in [-0.39, 0.29) is 0 Å². The molecule has 0 unspecified atom stereocenters. The van der Waals surface area contributed by atoms with Crippen LogP contribution in [-0.2, 0) is 16.1 Å². The van der Waals surface area contributed by atoms with Crippen molar-refractivity contribution < 1.29 is 14.2 Å². The van der Waals surface area contributed by atoms with Crippen molar-refractivity contribution in [3.63, 3.8) is 0 Å². The second-order valence-electron chi connectivity index (χ2n) is 5.52. The predicted molar refractivity (Wildman–Crippen MR) is 92.2 cm³/mol. The van der Waals surface area contributed by atoms with Crippen LogP contribution >= 0.6 is 11.6 Å². The predicted octanol–water partition coefficient (Wildman–Crippen LogP) is 4.51. The van der Waals surface area contributed by atoms with Crippen molar-refractivity contribution >= 4 is 22.4 Å². The largest absolute Gasteiger partial charge is 0.488 e. The Morgan fingerprint density at radius 1 is 1.00 bits per heavy atom. The fourth-order valence-corrected chi connectivity index (χ4v) is 3.07. The average molecular weight is 342 g/mol. The molecule has 0 saturated carbocycles. The fourth-order valence-electron chi connectivity index (χ4n) is 2.85. The Hall–Kier alpha value is -2.14. The molecular formula is C19H16ClNO3. The molecule has 1 aliphatic heterocycles. The van der Waals surface area contributed by atoms with Gasteiger partial charge in [-0.15, -0.1) is 0 Å². The third-order valence-electron chi connectivity index (χ3n) is 3.99. The van der Waals surface area contributed by atoms with Crippen molar-refractivity contribution in [2.45, 2.75) is 12.9 Å². The highest BCUT2D eigenvalue weighted by Crippen LogP contribution is 2.39. The van der Waals surface area contributed by atoms with E-state index in [1.807, 2.05) is 48.5 Å². The Bertz CT molecular complexity index is 848. The molecule has 2 aromatic carbocycles. The molecule has 1 aromatic heterocycles. The van der Waals surface area contributed by atoms with Gasteiger partial charge in [0.25, 0.3) is 0 Å². The second-order valence-corrected chi connectivity index (χ2v) is 5.88. The smallest absolute Gasteiger partial charge is 0.188 e. The molecule has 0 N–H and O–H groups in total. The number of nitrogens with zero attached hydrogens (tertiary/aromatic N) is 1. The molecule has 0 bridgehead atoms. The number of benzene rings is 2. The standard InChI is InChI=1S/C19H16ClNO3/c20-18-15-6-7-16(24-12-13-4-2-1-3-5-13)17(14(15)8-9-21-18)19-22-10-11-23-19/h1-9,19H,10-12H2. The summed E-state index contributed by atoms with van der Waals surface area (Å²) in [6, 6.07) is 15.8. The van der Waals surface area contributed by atoms with Gasteiger partial charge in [0.15, 0.2) is 6.29 Å². The zero-order chi connectivity index (χ0) is 16.4. The number of pyridine rings is 1. The average Bonchev–Trinajstić information content (AvgIpc) is 3.15. The molecule has 4 rings (SSSR count). The molecule has 24 heavy (non-hydrogen) atoms. The lowest BCUT2D eigenvalue weighted by Crippen LogP contribution is -2.05. The number of ether oxygens (including phenoxy) is 3. The van der Waals surface area contributed by atoms with E-state index >= 15 is 0 Å². The lowest BCUT2D eigenvalue weighted by Gasteiger charge is -2.18. The first-order valence-corrected chi connectivity index (χ1v) is 8.18. The van der Waals surface area contributed by atoms with Gasteiger partial charge < -0.3 is 14.2 Å². The van der Waals surface area contributed by atoms with Gasteiger partial charge >= 0.3 is 0 Å². The maximum absolute atomic E-state index is 6.23. The van der Waals surface area contributed by atoms with Gasteiger partial charge in [-0.2, -0.15) is 0 Å². The minimum atomic E-state index is -0.446. The van der Waals surface area contributed by atoms with Crippen LogP contribution in [0.4, 0.5) is 0 Å². The monoisotopic (exact) mass is 341 g/mol. The summed E-state index contributed by atoms with van der Waals surface area (Å²) in [7, 11) is 0. The zero-order valence-corrected chi connectivity index (χ0v) is 13.7. The zero-order valence-electron chi connectivity index (χ0n) is 12.9. The third kappa shape index (κ3) is 2.96. The van der Waals surface area contributed by atoms with E-state index in [0.717, 1.165) is 27.6 Å². The summed E-state index contributed by atoms with van der Waals surface area (Å²) in [6.07, 6.45) is 1.24. The van der Waals surface area contributed by atoms with E-state index in [0.29, 0.717) is 25.0 Å². The van der Waals surface area contributed by atoms with Crippen molar-refractivity contribution in [2.24, 2.45) is 0 Å². The first-order chi connectivity index (χ1) is 11.8. The minimum absolute atomic E-state index is 0.446. The van der Waals surface area contributed by atoms with Crippen LogP contribution in [0.15, 0.2) is 54.7 Å². The summed E-state index contributed by atoms with van der Waals surface area (Å²) < 4.78 is 17.5. The lowest BCUT2D eigenvalue weighted by molar-refractivity contribution is -0.0447. The number of hydrogen-bond donors (Lipinski definition) is 0. The molecular weight excluding hydrogens is 326 g/mol. The van der Waals surface area contributed by atoms with Gasteiger partial charge in [0.05, 0.1) is 18.8 Å². The summed E-state index contributed by atoms with van der Waals surface area (Å²) in [4.78, 5) is 4.14. The molecule has 3 aromatic rings. The molecule has 0 spiro atoms. The summed E-state index contributed by atoms with van der Waals surface area (Å²) >= 11 is 6.23. The number of hydrogen-bond acceptors (Lipinski definition) is 4. The van der Waals surface area contributed by atoms with E-state index < -0.39 is 6.29 Å². The van der Waals surface area contributed by atoms with Crippen LogP contribution in [0.25, 0.3) is 10.8 Å². The highest BCUT2D eigenvalue weighted by Gasteiger charge is 2.25.